The van der Waals surface area contributed by atoms with E-state index < -0.39 is 0 Å². The zero-order chi connectivity index (χ0) is 21.6. The van der Waals surface area contributed by atoms with E-state index >= 15 is 0 Å². The van der Waals surface area contributed by atoms with Gasteiger partial charge >= 0.3 is 0 Å². The molecular weight excluding hydrogens is 390 g/mol. The molecule has 1 fully saturated rings. The Morgan fingerprint density at radius 3 is 2.52 bits per heavy atom. The minimum Gasteiger partial charge on any atom is -0.497 e. The number of fused-ring (bicyclic) bond motifs is 1. The fourth-order valence-corrected chi connectivity index (χ4v) is 4.13. The number of rotatable bonds is 5. The molecule has 0 bridgehead atoms. The summed E-state index contributed by atoms with van der Waals surface area (Å²) in [5.74, 6) is 4.75. The predicted octanol–water partition coefficient (Wildman–Crippen LogP) is 3.31. The van der Waals surface area contributed by atoms with Crippen molar-refractivity contribution in [2.24, 2.45) is 0 Å². The van der Waals surface area contributed by atoms with Crippen LogP contribution in [0.25, 0.3) is 0 Å². The molecule has 1 aromatic carbocycles. The molecule has 0 aliphatic carbocycles. The number of aromatic nitrogens is 1. The minimum absolute atomic E-state index is 0.0285. The number of hydrogen-bond donors (Lipinski definition) is 3. The molecule has 0 spiro atoms. The second-order valence-corrected chi connectivity index (χ2v) is 7.83. The number of benzene rings is 1. The number of anilines is 1. The van der Waals surface area contributed by atoms with E-state index in [-0.39, 0.29) is 6.17 Å². The topological polar surface area (TPSA) is 64.8 Å². The number of allylic oxidation sites excluding steroid dienone is 1. The van der Waals surface area contributed by atoms with Gasteiger partial charge in [0.25, 0.3) is 0 Å². The summed E-state index contributed by atoms with van der Waals surface area (Å²) in [4.78, 5) is 7.74. The molecule has 7 nitrogen and oxygen atoms in total. The number of likely N-dealkylation sites (tertiary alicyclic amines) is 1. The Morgan fingerprint density at radius 2 is 1.84 bits per heavy atom. The summed E-state index contributed by atoms with van der Waals surface area (Å²) in [6, 6.07) is 9.50. The molecule has 1 atom stereocenters. The van der Waals surface area contributed by atoms with Crippen LogP contribution < -0.4 is 20.1 Å². The Kier molecular flexibility index (Phi) is 6.58. The van der Waals surface area contributed by atoms with Crippen molar-refractivity contribution in [1.82, 2.24) is 20.1 Å². The average Bonchev–Trinajstić information content (AvgIpc) is 3.29. The fourth-order valence-electron chi connectivity index (χ4n) is 4.13. The molecule has 1 aromatic heterocycles. The summed E-state index contributed by atoms with van der Waals surface area (Å²) in [7, 11) is 3.30. The van der Waals surface area contributed by atoms with Crippen molar-refractivity contribution in [1.29, 1.82) is 0 Å². The van der Waals surface area contributed by atoms with Crippen LogP contribution in [-0.2, 0) is 0 Å². The largest absolute Gasteiger partial charge is 0.497 e. The standard InChI is InChI=1S/C24H31N5O2/c1-4-8-28-9-6-19(7-10-28)27-24-22-15-25-16-23(22)26-17-29(24)11-5-18-12-20(30-2)14-21(13-18)31-3/h4,8,12-16,19,24-27H,6-7,9-10,17H2,1-3H3. The van der Waals surface area contributed by atoms with E-state index in [9.17, 15) is 0 Å². The van der Waals surface area contributed by atoms with E-state index in [1.165, 1.54) is 5.56 Å². The highest BCUT2D eigenvalue weighted by Gasteiger charge is 2.29. The summed E-state index contributed by atoms with van der Waals surface area (Å²) in [6.07, 6.45) is 10.6. The van der Waals surface area contributed by atoms with Gasteiger partial charge in [0.15, 0.2) is 0 Å². The van der Waals surface area contributed by atoms with Crippen LogP contribution in [0.2, 0.25) is 0 Å². The molecule has 1 unspecified atom stereocenters. The highest BCUT2D eigenvalue weighted by Crippen LogP contribution is 2.31. The summed E-state index contributed by atoms with van der Waals surface area (Å²) < 4.78 is 10.7. The molecule has 7 heteroatoms. The smallest absolute Gasteiger partial charge is 0.123 e. The van der Waals surface area contributed by atoms with Crippen LogP contribution in [0.1, 0.15) is 37.1 Å². The van der Waals surface area contributed by atoms with Gasteiger partial charge in [-0.1, -0.05) is 6.08 Å². The maximum Gasteiger partial charge on any atom is 0.123 e. The first-order valence-corrected chi connectivity index (χ1v) is 10.7. The maximum atomic E-state index is 5.37. The Labute approximate surface area is 184 Å². The predicted molar refractivity (Wildman–Crippen MR) is 123 cm³/mol. The van der Waals surface area contributed by atoms with Crippen LogP contribution in [0, 0.1) is 12.0 Å². The molecule has 3 heterocycles. The van der Waals surface area contributed by atoms with Crippen LogP contribution in [0.15, 0.2) is 42.9 Å². The number of aromatic amines is 1. The third kappa shape index (κ3) is 4.92. The first-order valence-electron chi connectivity index (χ1n) is 10.7. The molecule has 1 saturated heterocycles. The van der Waals surface area contributed by atoms with Crippen molar-refractivity contribution in [2.75, 3.05) is 39.3 Å². The molecule has 0 amide bonds. The number of ether oxygens (including phenoxy) is 2. The first kappa shape index (κ1) is 21.0. The summed E-state index contributed by atoms with van der Waals surface area (Å²) >= 11 is 0. The number of piperidine rings is 1. The van der Waals surface area contributed by atoms with E-state index in [1.54, 1.807) is 14.2 Å². The average molecular weight is 422 g/mol. The van der Waals surface area contributed by atoms with Gasteiger partial charge in [0.2, 0.25) is 0 Å². The van der Waals surface area contributed by atoms with E-state index in [2.05, 4.69) is 62.8 Å². The Morgan fingerprint density at radius 1 is 1.10 bits per heavy atom. The lowest BCUT2D eigenvalue weighted by atomic mass is 10.0. The zero-order valence-electron chi connectivity index (χ0n) is 18.4. The SMILES string of the molecule is CC=CN1CCC(NC2c3c[nH]cc3NCN2C#Cc2cc(OC)cc(OC)c2)CC1. The molecular formula is C24H31N5O2. The number of nitrogens with one attached hydrogen (secondary N) is 3. The van der Waals surface area contributed by atoms with Crippen molar-refractivity contribution in [3.8, 4) is 23.5 Å². The molecule has 4 rings (SSSR count). The van der Waals surface area contributed by atoms with E-state index in [0.29, 0.717) is 12.7 Å². The van der Waals surface area contributed by atoms with Crippen LogP contribution in [0.5, 0.6) is 11.5 Å². The monoisotopic (exact) mass is 421 g/mol. The second-order valence-electron chi connectivity index (χ2n) is 7.83. The highest BCUT2D eigenvalue weighted by molar-refractivity contribution is 5.53. The first-order chi connectivity index (χ1) is 15.2. The van der Waals surface area contributed by atoms with Gasteiger partial charge in [-0.25, -0.2) is 0 Å². The van der Waals surface area contributed by atoms with Crippen LogP contribution in [0.3, 0.4) is 0 Å². The Hall–Kier alpha value is -3.24. The normalized spacial score (nSPS) is 18.9. The lowest BCUT2D eigenvalue weighted by molar-refractivity contribution is 0.187. The van der Waals surface area contributed by atoms with E-state index in [1.807, 2.05) is 24.4 Å². The van der Waals surface area contributed by atoms with Gasteiger partial charge in [0.05, 0.1) is 26.6 Å². The van der Waals surface area contributed by atoms with Gasteiger partial charge in [-0.15, -0.1) is 0 Å². The van der Waals surface area contributed by atoms with Gasteiger partial charge in [-0.2, -0.15) is 0 Å². The molecule has 164 valence electrons. The van der Waals surface area contributed by atoms with E-state index in [0.717, 1.165) is 48.7 Å². The third-order valence-electron chi connectivity index (χ3n) is 5.80. The summed E-state index contributed by atoms with van der Waals surface area (Å²) in [5, 5.41) is 7.31. The van der Waals surface area contributed by atoms with Crippen molar-refractivity contribution in [2.45, 2.75) is 32.0 Å². The van der Waals surface area contributed by atoms with E-state index in [4.69, 9.17) is 9.47 Å². The summed E-state index contributed by atoms with van der Waals surface area (Å²) in [6.45, 7) is 4.86. The molecule has 0 radical (unpaired) electrons. The van der Waals surface area contributed by atoms with Gasteiger partial charge in [0.1, 0.15) is 17.7 Å². The van der Waals surface area contributed by atoms with Crippen LogP contribution >= 0.6 is 0 Å². The van der Waals surface area contributed by atoms with Gasteiger partial charge in [-0.3, -0.25) is 10.2 Å². The molecule has 2 aromatic rings. The molecule has 0 saturated carbocycles. The number of H-pyrrole nitrogens is 1. The molecule has 3 N–H and O–H groups in total. The molecule has 31 heavy (non-hydrogen) atoms. The molecule has 2 aliphatic rings. The Balaban J connectivity index is 1.53. The van der Waals surface area contributed by atoms with Crippen molar-refractivity contribution in [3.05, 3.63) is 54.0 Å². The van der Waals surface area contributed by atoms with Gasteiger partial charge in [-0.05, 0) is 44.0 Å². The fraction of sp³-hybridized carbons (Fsp3) is 0.417. The second kappa shape index (κ2) is 9.71. The molecule has 2 aliphatic heterocycles. The lowest BCUT2D eigenvalue weighted by Crippen LogP contribution is -2.48. The number of nitrogens with zero attached hydrogens (tertiary/aromatic N) is 2. The van der Waals surface area contributed by atoms with Crippen molar-refractivity contribution in [3.63, 3.8) is 0 Å². The third-order valence-corrected chi connectivity index (χ3v) is 5.80. The maximum absolute atomic E-state index is 5.37. The van der Waals surface area contributed by atoms with Crippen molar-refractivity contribution >= 4 is 5.69 Å². The quantitative estimate of drug-likeness (QED) is 0.644. The van der Waals surface area contributed by atoms with Gasteiger partial charge in [0, 0.05) is 54.8 Å². The minimum atomic E-state index is 0.0285. The van der Waals surface area contributed by atoms with Crippen LogP contribution in [-0.4, -0.2) is 54.8 Å². The zero-order valence-corrected chi connectivity index (χ0v) is 18.4. The summed E-state index contributed by atoms with van der Waals surface area (Å²) in [5.41, 5.74) is 3.18. The Bertz CT molecular complexity index is 944. The van der Waals surface area contributed by atoms with Crippen molar-refractivity contribution < 1.29 is 9.47 Å². The highest BCUT2D eigenvalue weighted by atomic mass is 16.5. The van der Waals surface area contributed by atoms with Gasteiger partial charge < -0.3 is 24.7 Å². The number of hydrogen-bond acceptors (Lipinski definition) is 6. The lowest BCUT2D eigenvalue weighted by Gasteiger charge is -2.39. The number of methoxy groups -OCH3 is 2. The van der Waals surface area contributed by atoms with Crippen LogP contribution in [0.4, 0.5) is 5.69 Å².